The van der Waals surface area contributed by atoms with Crippen LogP contribution in [0.25, 0.3) is 10.4 Å². The zero-order valence-electron chi connectivity index (χ0n) is 10.3. The molecule has 1 fully saturated rings. The van der Waals surface area contributed by atoms with Gasteiger partial charge in [0.15, 0.2) is 6.04 Å². The highest BCUT2D eigenvalue weighted by atomic mass is 16.5. The number of rotatable bonds is 6. The molecule has 1 aliphatic heterocycles. The lowest BCUT2D eigenvalue weighted by Crippen LogP contribution is -2.49. The first-order valence-corrected chi connectivity index (χ1v) is 5.57. The summed E-state index contributed by atoms with van der Waals surface area (Å²) in [4.78, 5) is 26.9. The lowest BCUT2D eigenvalue weighted by molar-refractivity contribution is -0.153. The normalized spacial score (nSPS) is 22.4. The van der Waals surface area contributed by atoms with Gasteiger partial charge in [-0.05, 0) is 18.4 Å². The van der Waals surface area contributed by atoms with Crippen molar-refractivity contribution in [2.75, 3.05) is 20.2 Å². The zero-order valence-corrected chi connectivity index (χ0v) is 10.3. The molecule has 0 aromatic carbocycles. The summed E-state index contributed by atoms with van der Waals surface area (Å²) in [5.41, 5.74) is 8.23. The summed E-state index contributed by atoms with van der Waals surface area (Å²) in [5, 5.41) is 12.6. The monoisotopic (exact) mass is 256 g/mol. The van der Waals surface area contributed by atoms with E-state index in [9.17, 15) is 9.59 Å². The van der Waals surface area contributed by atoms with Crippen LogP contribution in [0.4, 0.5) is 0 Å². The van der Waals surface area contributed by atoms with Gasteiger partial charge in [-0.3, -0.25) is 4.79 Å². The Morgan fingerprint density at radius 2 is 2.44 bits per heavy atom. The van der Waals surface area contributed by atoms with Crippen LogP contribution >= 0.6 is 0 Å². The molecule has 8 heteroatoms. The smallest absolute Gasteiger partial charge is 0.329 e. The van der Waals surface area contributed by atoms with Gasteiger partial charge in [0.2, 0.25) is 5.91 Å². The van der Waals surface area contributed by atoms with E-state index in [0.29, 0.717) is 0 Å². The number of hydrogen-bond acceptors (Lipinski definition) is 4. The van der Waals surface area contributed by atoms with Gasteiger partial charge in [0.25, 0.3) is 0 Å². The van der Waals surface area contributed by atoms with E-state index in [-0.39, 0.29) is 31.3 Å². The highest BCUT2D eigenvalue weighted by Gasteiger charge is 2.40. The van der Waals surface area contributed by atoms with Crippen molar-refractivity contribution in [3.8, 4) is 0 Å². The number of aliphatic carboxylic acids is 1. The molecule has 0 radical (unpaired) electrons. The molecule has 0 aromatic heterocycles. The van der Waals surface area contributed by atoms with Gasteiger partial charge in [-0.2, -0.15) is 0 Å². The summed E-state index contributed by atoms with van der Waals surface area (Å²) < 4.78 is 4.99. The van der Waals surface area contributed by atoms with Crippen molar-refractivity contribution in [2.45, 2.75) is 25.5 Å². The van der Waals surface area contributed by atoms with Crippen LogP contribution in [0.3, 0.4) is 0 Å². The van der Waals surface area contributed by atoms with Gasteiger partial charge in [0.05, 0.1) is 6.10 Å². The number of carboxylic acid groups (broad SMARTS) is 1. The molecule has 1 amide bonds. The van der Waals surface area contributed by atoms with Crippen LogP contribution in [0.5, 0.6) is 0 Å². The fourth-order valence-corrected chi connectivity index (χ4v) is 2.07. The van der Waals surface area contributed by atoms with E-state index < -0.39 is 18.1 Å². The lowest BCUT2D eigenvalue weighted by atomic mass is 10.1. The molecular formula is C10H16N4O4. The number of carbonyl (C=O) groups is 2. The Morgan fingerprint density at radius 1 is 1.78 bits per heavy atom. The number of hydrogen-bond donors (Lipinski definition) is 1. The summed E-state index contributed by atoms with van der Waals surface area (Å²) in [7, 11) is 1.40. The maximum atomic E-state index is 11.8. The molecule has 1 unspecified atom stereocenters. The number of carboxylic acids is 1. The summed E-state index contributed by atoms with van der Waals surface area (Å²) in [6, 6.07) is -1.00. The number of carbonyl (C=O) groups excluding carboxylic acids is 1. The van der Waals surface area contributed by atoms with E-state index in [1.54, 1.807) is 6.92 Å². The zero-order chi connectivity index (χ0) is 13.7. The Kier molecular flexibility index (Phi) is 4.94. The molecule has 1 heterocycles. The molecule has 1 rings (SSSR count). The molecule has 0 bridgehead atoms. The van der Waals surface area contributed by atoms with Gasteiger partial charge in [0.1, 0.15) is 0 Å². The number of methoxy groups -OCH3 is 1. The Balaban J connectivity index is 2.78. The number of azide groups is 1. The molecular weight excluding hydrogens is 240 g/mol. The van der Waals surface area contributed by atoms with Gasteiger partial charge < -0.3 is 14.7 Å². The predicted molar refractivity (Wildman–Crippen MR) is 61.7 cm³/mol. The van der Waals surface area contributed by atoms with Crippen molar-refractivity contribution in [1.82, 2.24) is 4.90 Å². The van der Waals surface area contributed by atoms with E-state index in [4.69, 9.17) is 15.4 Å². The van der Waals surface area contributed by atoms with Crippen molar-refractivity contribution in [2.24, 2.45) is 11.0 Å². The minimum absolute atomic E-state index is 0.126. The molecule has 0 saturated carbocycles. The molecule has 3 atom stereocenters. The molecule has 0 aromatic rings. The molecule has 1 saturated heterocycles. The second kappa shape index (κ2) is 6.23. The minimum Gasteiger partial charge on any atom is -0.480 e. The third-order valence-electron chi connectivity index (χ3n) is 3.05. The van der Waals surface area contributed by atoms with Gasteiger partial charge >= 0.3 is 5.97 Å². The van der Waals surface area contributed by atoms with Crippen molar-refractivity contribution >= 4 is 11.9 Å². The standard InChI is InChI=1S/C10H16N4O4/c1-6(18-2)9(10(16)17)14-5-7(3-8(14)15)4-12-13-11/h6-7,9H,3-5H2,1-2H3,(H,16,17)/t6-,7?,9+/m1/s1. The molecule has 1 N–H and O–H groups in total. The van der Waals surface area contributed by atoms with Crippen LogP contribution < -0.4 is 0 Å². The van der Waals surface area contributed by atoms with E-state index in [1.807, 2.05) is 0 Å². The first-order valence-electron chi connectivity index (χ1n) is 5.57. The molecule has 18 heavy (non-hydrogen) atoms. The summed E-state index contributed by atoms with van der Waals surface area (Å²) in [6.45, 7) is 2.09. The minimum atomic E-state index is -1.10. The molecule has 0 spiro atoms. The van der Waals surface area contributed by atoms with Crippen molar-refractivity contribution in [3.05, 3.63) is 10.4 Å². The van der Waals surface area contributed by atoms with Crippen LogP contribution in [-0.2, 0) is 14.3 Å². The van der Waals surface area contributed by atoms with Gasteiger partial charge in [-0.15, -0.1) is 0 Å². The highest BCUT2D eigenvalue weighted by molar-refractivity contribution is 5.85. The third kappa shape index (κ3) is 3.12. The van der Waals surface area contributed by atoms with Crippen molar-refractivity contribution < 1.29 is 19.4 Å². The SMILES string of the molecule is CO[C@H](C)[C@@H](C(=O)O)N1CC(CN=[N+]=[N-])CC1=O. The molecule has 0 aliphatic carbocycles. The summed E-state index contributed by atoms with van der Waals surface area (Å²) in [6.07, 6.45) is -0.385. The third-order valence-corrected chi connectivity index (χ3v) is 3.05. The lowest BCUT2D eigenvalue weighted by Gasteiger charge is -2.28. The predicted octanol–water partition coefficient (Wildman–Crippen LogP) is 0.633. The maximum Gasteiger partial charge on any atom is 0.329 e. The van der Waals surface area contributed by atoms with Crippen LogP contribution in [0.1, 0.15) is 13.3 Å². The topological polar surface area (TPSA) is 116 Å². The second-order valence-electron chi connectivity index (χ2n) is 4.25. The average Bonchev–Trinajstić information content (AvgIpc) is 2.67. The first kappa shape index (κ1) is 14.3. The summed E-state index contributed by atoms with van der Waals surface area (Å²) in [5.74, 6) is -1.47. The first-order chi connectivity index (χ1) is 8.51. The van der Waals surface area contributed by atoms with E-state index >= 15 is 0 Å². The van der Waals surface area contributed by atoms with E-state index in [1.165, 1.54) is 12.0 Å². The molecule has 1 aliphatic rings. The van der Waals surface area contributed by atoms with E-state index in [2.05, 4.69) is 10.0 Å². The quantitative estimate of drug-likeness (QED) is 0.426. The van der Waals surface area contributed by atoms with Crippen LogP contribution in [-0.4, -0.2) is 54.2 Å². The molecule has 8 nitrogen and oxygen atoms in total. The fourth-order valence-electron chi connectivity index (χ4n) is 2.07. The van der Waals surface area contributed by atoms with Crippen LogP contribution in [0.2, 0.25) is 0 Å². The Bertz CT molecular complexity index is 380. The largest absolute Gasteiger partial charge is 0.480 e. The van der Waals surface area contributed by atoms with Crippen LogP contribution in [0.15, 0.2) is 5.11 Å². The second-order valence-corrected chi connectivity index (χ2v) is 4.25. The maximum absolute atomic E-state index is 11.8. The van der Waals surface area contributed by atoms with Gasteiger partial charge in [-0.25, -0.2) is 4.79 Å². The number of ether oxygens (including phenoxy) is 1. The van der Waals surface area contributed by atoms with Crippen LogP contribution in [0, 0.1) is 5.92 Å². The molecule has 100 valence electrons. The number of amides is 1. The van der Waals surface area contributed by atoms with Crippen molar-refractivity contribution in [1.29, 1.82) is 0 Å². The fraction of sp³-hybridized carbons (Fsp3) is 0.800. The van der Waals surface area contributed by atoms with E-state index in [0.717, 1.165) is 0 Å². The summed E-state index contributed by atoms with van der Waals surface area (Å²) >= 11 is 0. The number of likely N-dealkylation sites (tertiary alicyclic amines) is 1. The van der Waals surface area contributed by atoms with Gasteiger partial charge in [-0.1, -0.05) is 5.11 Å². The Hall–Kier alpha value is -1.79. The highest BCUT2D eigenvalue weighted by Crippen LogP contribution is 2.23. The van der Waals surface area contributed by atoms with Gasteiger partial charge in [0, 0.05) is 31.5 Å². The number of nitrogens with zero attached hydrogens (tertiary/aromatic N) is 4. The Labute approximate surface area is 104 Å². The van der Waals surface area contributed by atoms with Crippen molar-refractivity contribution in [3.63, 3.8) is 0 Å². The average molecular weight is 256 g/mol. The Morgan fingerprint density at radius 3 is 2.94 bits per heavy atom.